The Hall–Kier alpha value is -1.91. The van der Waals surface area contributed by atoms with Gasteiger partial charge >= 0.3 is 0 Å². The van der Waals surface area contributed by atoms with Crippen molar-refractivity contribution >= 4 is 5.82 Å². The predicted molar refractivity (Wildman–Crippen MR) is 75.7 cm³/mol. The Bertz CT molecular complexity index is 473. The maximum atomic E-state index is 5.74. The molecule has 2 heterocycles. The molecule has 0 aliphatic carbocycles. The van der Waals surface area contributed by atoms with Crippen LogP contribution in [-0.4, -0.2) is 31.4 Å². The molecule has 1 aliphatic heterocycles. The van der Waals surface area contributed by atoms with Crippen LogP contribution in [0.25, 0.3) is 11.1 Å². The van der Waals surface area contributed by atoms with Gasteiger partial charge in [-0.15, -0.1) is 0 Å². The summed E-state index contributed by atoms with van der Waals surface area (Å²) in [4.78, 5) is 4.03. The van der Waals surface area contributed by atoms with E-state index in [1.54, 1.807) is 6.20 Å². The summed E-state index contributed by atoms with van der Waals surface area (Å²) in [6.45, 7) is 3.11. The van der Waals surface area contributed by atoms with Crippen LogP contribution in [-0.2, 0) is 9.47 Å². The minimum Gasteiger partial charge on any atom is -0.383 e. The summed E-state index contributed by atoms with van der Waals surface area (Å²) < 4.78 is 9.89. The lowest BCUT2D eigenvalue weighted by Gasteiger charge is -2.09. The van der Waals surface area contributed by atoms with Crippen molar-refractivity contribution in [3.05, 3.63) is 48.7 Å². The third-order valence-electron chi connectivity index (χ3n) is 2.67. The quantitative estimate of drug-likeness (QED) is 0.853. The highest BCUT2D eigenvalue weighted by atomic mass is 16.6. The highest BCUT2D eigenvalue weighted by molar-refractivity contribution is 5.73. The zero-order chi connectivity index (χ0) is 13.3. The molecule has 2 aromatic rings. The summed E-state index contributed by atoms with van der Waals surface area (Å²) in [5, 5.41) is 0. The number of rotatable bonds is 1. The number of ether oxygens (including phenoxy) is 2. The summed E-state index contributed by atoms with van der Waals surface area (Å²) in [7, 11) is 0. The summed E-state index contributed by atoms with van der Waals surface area (Å²) in [5.74, 6) is 0.578. The molecule has 0 bridgehead atoms. The second kappa shape index (κ2) is 7.51. The summed E-state index contributed by atoms with van der Waals surface area (Å²) >= 11 is 0. The highest BCUT2D eigenvalue weighted by Gasteiger charge is 2.00. The van der Waals surface area contributed by atoms with Crippen molar-refractivity contribution in [3.63, 3.8) is 0 Å². The van der Waals surface area contributed by atoms with E-state index in [0.717, 1.165) is 37.6 Å². The van der Waals surface area contributed by atoms with Crippen molar-refractivity contribution in [2.75, 3.05) is 32.2 Å². The van der Waals surface area contributed by atoms with Crippen molar-refractivity contribution in [2.45, 2.75) is 0 Å². The van der Waals surface area contributed by atoms with Gasteiger partial charge in [-0.1, -0.05) is 30.3 Å². The van der Waals surface area contributed by atoms with Crippen LogP contribution in [0.15, 0.2) is 48.7 Å². The predicted octanol–water partition coefficient (Wildman–Crippen LogP) is 2.36. The maximum Gasteiger partial charge on any atom is 0.131 e. The molecule has 1 aromatic heterocycles. The third kappa shape index (κ3) is 4.35. The van der Waals surface area contributed by atoms with Crippen molar-refractivity contribution in [2.24, 2.45) is 0 Å². The summed E-state index contributed by atoms with van der Waals surface area (Å²) in [5.41, 5.74) is 7.84. The maximum absolute atomic E-state index is 5.74. The minimum atomic E-state index is 0.578. The van der Waals surface area contributed by atoms with Crippen molar-refractivity contribution in [3.8, 4) is 11.1 Å². The van der Waals surface area contributed by atoms with Gasteiger partial charge in [-0.05, 0) is 17.7 Å². The molecule has 1 fully saturated rings. The van der Waals surface area contributed by atoms with E-state index in [4.69, 9.17) is 15.2 Å². The zero-order valence-corrected chi connectivity index (χ0v) is 10.8. The number of anilines is 1. The Balaban J connectivity index is 0.000000186. The van der Waals surface area contributed by atoms with Crippen molar-refractivity contribution in [1.82, 2.24) is 4.98 Å². The van der Waals surface area contributed by atoms with Gasteiger partial charge in [-0.25, -0.2) is 4.98 Å². The zero-order valence-electron chi connectivity index (χ0n) is 10.8. The molecule has 0 unspecified atom stereocenters. The first-order valence-corrected chi connectivity index (χ1v) is 6.29. The molecule has 0 atom stereocenters. The van der Waals surface area contributed by atoms with Crippen molar-refractivity contribution in [1.29, 1.82) is 0 Å². The number of hydrogen-bond acceptors (Lipinski definition) is 4. The van der Waals surface area contributed by atoms with Crippen LogP contribution in [0.4, 0.5) is 5.82 Å². The first kappa shape index (κ1) is 13.5. The third-order valence-corrected chi connectivity index (χ3v) is 2.67. The molecule has 0 saturated carbocycles. The summed E-state index contributed by atoms with van der Waals surface area (Å²) in [6.07, 6.45) is 1.70. The standard InChI is InChI=1S/C11H10N2.C4H8O2/c12-11-10(7-4-8-13-11)9-5-2-1-3-6-9;1-2-6-4-3-5-1/h1-8H,(H2,12,13);1-4H2. The van der Waals surface area contributed by atoms with Crippen LogP contribution >= 0.6 is 0 Å². The fraction of sp³-hybridized carbons (Fsp3) is 0.267. The lowest BCUT2D eigenvalue weighted by molar-refractivity contribution is -0.0334. The van der Waals surface area contributed by atoms with Crippen LogP contribution < -0.4 is 5.73 Å². The largest absolute Gasteiger partial charge is 0.383 e. The fourth-order valence-corrected chi connectivity index (χ4v) is 1.72. The molecule has 1 aliphatic rings. The van der Waals surface area contributed by atoms with Crippen LogP contribution in [0, 0.1) is 0 Å². The van der Waals surface area contributed by atoms with E-state index in [2.05, 4.69) is 4.98 Å². The average molecular weight is 258 g/mol. The molecule has 4 heteroatoms. The van der Waals surface area contributed by atoms with Crippen molar-refractivity contribution < 1.29 is 9.47 Å². The van der Waals surface area contributed by atoms with Gasteiger partial charge in [0.25, 0.3) is 0 Å². The topological polar surface area (TPSA) is 57.4 Å². The molecule has 1 aromatic carbocycles. The van der Waals surface area contributed by atoms with Gasteiger partial charge in [0.2, 0.25) is 0 Å². The SMILES string of the molecule is C1COCCO1.Nc1ncccc1-c1ccccc1. The van der Waals surface area contributed by atoms with E-state index in [1.165, 1.54) is 0 Å². The first-order chi connectivity index (χ1) is 9.38. The normalized spacial score (nSPS) is 14.3. The van der Waals surface area contributed by atoms with Crippen LogP contribution in [0.5, 0.6) is 0 Å². The molecule has 100 valence electrons. The lowest BCUT2D eigenvalue weighted by atomic mass is 10.1. The second-order valence-corrected chi connectivity index (χ2v) is 4.03. The lowest BCUT2D eigenvalue weighted by Crippen LogP contribution is -2.16. The Morgan fingerprint density at radius 3 is 2.00 bits per heavy atom. The highest BCUT2D eigenvalue weighted by Crippen LogP contribution is 2.22. The molecule has 0 spiro atoms. The smallest absolute Gasteiger partial charge is 0.131 e. The Morgan fingerprint density at radius 1 is 0.842 bits per heavy atom. The number of pyridine rings is 1. The van der Waals surface area contributed by atoms with Crippen LogP contribution in [0.2, 0.25) is 0 Å². The fourth-order valence-electron chi connectivity index (χ4n) is 1.72. The minimum absolute atomic E-state index is 0.578. The van der Waals surface area contributed by atoms with E-state index in [9.17, 15) is 0 Å². The Labute approximate surface area is 113 Å². The molecule has 19 heavy (non-hydrogen) atoms. The van der Waals surface area contributed by atoms with Gasteiger partial charge in [0, 0.05) is 11.8 Å². The van der Waals surface area contributed by atoms with E-state index < -0.39 is 0 Å². The average Bonchev–Trinajstić information content (AvgIpc) is 2.51. The van der Waals surface area contributed by atoms with Gasteiger partial charge in [-0.2, -0.15) is 0 Å². The molecule has 4 nitrogen and oxygen atoms in total. The van der Waals surface area contributed by atoms with Gasteiger partial charge in [0.15, 0.2) is 0 Å². The van der Waals surface area contributed by atoms with E-state index in [0.29, 0.717) is 5.82 Å². The molecule has 0 radical (unpaired) electrons. The molecular weight excluding hydrogens is 240 g/mol. The molecule has 3 rings (SSSR count). The Morgan fingerprint density at radius 2 is 1.47 bits per heavy atom. The second-order valence-electron chi connectivity index (χ2n) is 4.03. The van der Waals surface area contributed by atoms with Gasteiger partial charge < -0.3 is 15.2 Å². The first-order valence-electron chi connectivity index (χ1n) is 6.29. The van der Waals surface area contributed by atoms with Crippen LogP contribution in [0.1, 0.15) is 0 Å². The number of nitrogens with two attached hydrogens (primary N) is 1. The number of nitrogen functional groups attached to an aromatic ring is 1. The molecule has 0 amide bonds. The van der Waals surface area contributed by atoms with E-state index in [-0.39, 0.29) is 0 Å². The molecule has 1 saturated heterocycles. The number of benzene rings is 1. The number of hydrogen-bond donors (Lipinski definition) is 1. The van der Waals surface area contributed by atoms with Gasteiger partial charge in [-0.3, -0.25) is 0 Å². The summed E-state index contributed by atoms with van der Waals surface area (Å²) in [6, 6.07) is 13.9. The Kier molecular flexibility index (Phi) is 5.34. The van der Waals surface area contributed by atoms with Gasteiger partial charge in [0.1, 0.15) is 5.82 Å². The van der Waals surface area contributed by atoms with Gasteiger partial charge in [0.05, 0.1) is 26.4 Å². The monoisotopic (exact) mass is 258 g/mol. The molecular formula is C15H18N2O2. The number of aromatic nitrogens is 1. The van der Waals surface area contributed by atoms with E-state index in [1.807, 2.05) is 42.5 Å². The van der Waals surface area contributed by atoms with E-state index >= 15 is 0 Å². The van der Waals surface area contributed by atoms with Crippen LogP contribution in [0.3, 0.4) is 0 Å². The number of nitrogens with zero attached hydrogens (tertiary/aromatic N) is 1. The molecule has 2 N–H and O–H groups in total.